The van der Waals surface area contributed by atoms with Crippen molar-refractivity contribution >= 4 is 0 Å². The normalized spacial score (nSPS) is 15.4. The van der Waals surface area contributed by atoms with Gasteiger partial charge in [0.05, 0.1) is 13.2 Å². The van der Waals surface area contributed by atoms with E-state index in [1.54, 1.807) is 14.2 Å². The van der Waals surface area contributed by atoms with Crippen molar-refractivity contribution in [3.63, 3.8) is 0 Å². The smallest absolute Gasteiger partial charge is 0.0615 e. The molecule has 0 fully saturated rings. The molecule has 0 spiro atoms. The van der Waals surface area contributed by atoms with E-state index in [9.17, 15) is 0 Å². The van der Waals surface area contributed by atoms with Crippen LogP contribution >= 0.6 is 0 Å². The van der Waals surface area contributed by atoms with E-state index in [-0.39, 0.29) is 0 Å². The van der Waals surface area contributed by atoms with Gasteiger partial charge in [0.2, 0.25) is 0 Å². The zero-order chi connectivity index (χ0) is 12.4. The van der Waals surface area contributed by atoms with E-state index >= 15 is 0 Å². The van der Waals surface area contributed by atoms with Crippen molar-refractivity contribution in [2.45, 2.75) is 26.3 Å². The Balaban J connectivity index is 4.16. The molecule has 0 saturated carbocycles. The van der Waals surface area contributed by atoms with Gasteiger partial charge in [0.25, 0.3) is 0 Å². The van der Waals surface area contributed by atoms with Crippen LogP contribution in [0.15, 0.2) is 0 Å². The Morgan fingerprint density at radius 1 is 1.25 bits per heavy atom. The van der Waals surface area contributed by atoms with Crippen molar-refractivity contribution in [1.29, 1.82) is 0 Å². The number of rotatable bonds is 10. The second kappa shape index (κ2) is 10.0. The van der Waals surface area contributed by atoms with Crippen LogP contribution in [-0.4, -0.2) is 58.0 Å². The fourth-order valence-corrected chi connectivity index (χ4v) is 1.75. The first-order valence-electron chi connectivity index (χ1n) is 6.11. The van der Waals surface area contributed by atoms with Gasteiger partial charge in [-0.3, -0.25) is 4.90 Å². The fourth-order valence-electron chi connectivity index (χ4n) is 1.75. The van der Waals surface area contributed by atoms with Crippen LogP contribution < -0.4 is 5.73 Å². The number of hydrogen-bond acceptors (Lipinski definition) is 4. The Labute approximate surface area is 100 Å². The molecule has 0 aliphatic heterocycles. The van der Waals surface area contributed by atoms with Gasteiger partial charge in [-0.2, -0.15) is 0 Å². The van der Waals surface area contributed by atoms with Crippen LogP contribution in [0, 0.1) is 5.92 Å². The van der Waals surface area contributed by atoms with Crippen molar-refractivity contribution in [3.05, 3.63) is 0 Å². The Morgan fingerprint density at radius 3 is 2.38 bits per heavy atom. The topological polar surface area (TPSA) is 47.7 Å². The van der Waals surface area contributed by atoms with Crippen molar-refractivity contribution in [3.8, 4) is 0 Å². The van der Waals surface area contributed by atoms with Gasteiger partial charge in [-0.15, -0.1) is 0 Å². The minimum atomic E-state index is 0.417. The van der Waals surface area contributed by atoms with Gasteiger partial charge in [-0.05, 0) is 19.4 Å². The highest BCUT2D eigenvalue weighted by molar-refractivity contribution is 4.71. The number of nitrogens with zero attached hydrogens (tertiary/aromatic N) is 1. The van der Waals surface area contributed by atoms with Crippen LogP contribution in [0.4, 0.5) is 0 Å². The highest BCUT2D eigenvalue weighted by Crippen LogP contribution is 2.08. The van der Waals surface area contributed by atoms with E-state index in [4.69, 9.17) is 15.2 Å². The molecule has 0 rings (SSSR count). The number of hydrogen-bond donors (Lipinski definition) is 1. The lowest BCUT2D eigenvalue weighted by Gasteiger charge is -2.31. The lowest BCUT2D eigenvalue weighted by atomic mass is 10.1. The lowest BCUT2D eigenvalue weighted by molar-refractivity contribution is 0.0651. The highest BCUT2D eigenvalue weighted by Gasteiger charge is 2.17. The average Bonchev–Trinajstić information content (AvgIpc) is 2.30. The Kier molecular flexibility index (Phi) is 9.92. The van der Waals surface area contributed by atoms with Gasteiger partial charge >= 0.3 is 0 Å². The summed E-state index contributed by atoms with van der Waals surface area (Å²) in [6, 6.07) is 0.417. The summed E-state index contributed by atoms with van der Waals surface area (Å²) in [6.07, 6.45) is 1.12. The van der Waals surface area contributed by atoms with E-state index in [0.29, 0.717) is 12.0 Å². The van der Waals surface area contributed by atoms with E-state index in [1.807, 2.05) is 0 Å². The quantitative estimate of drug-likeness (QED) is 0.609. The van der Waals surface area contributed by atoms with Crippen LogP contribution in [-0.2, 0) is 9.47 Å². The Morgan fingerprint density at radius 2 is 1.94 bits per heavy atom. The third-order valence-electron chi connectivity index (χ3n) is 3.02. The minimum Gasteiger partial charge on any atom is -0.383 e. The maximum atomic E-state index is 5.75. The molecule has 2 unspecified atom stereocenters. The van der Waals surface area contributed by atoms with Crippen LogP contribution in [0.2, 0.25) is 0 Å². The minimum absolute atomic E-state index is 0.417. The molecule has 98 valence electrons. The van der Waals surface area contributed by atoms with Crippen LogP contribution in [0.5, 0.6) is 0 Å². The summed E-state index contributed by atoms with van der Waals surface area (Å²) in [4.78, 5) is 2.40. The Bertz CT molecular complexity index is 152. The van der Waals surface area contributed by atoms with Crippen LogP contribution in [0.1, 0.15) is 20.3 Å². The first-order valence-corrected chi connectivity index (χ1v) is 6.11. The molecule has 0 saturated heterocycles. The predicted octanol–water partition coefficient (Wildman–Crippen LogP) is 0.955. The van der Waals surface area contributed by atoms with Crippen molar-refractivity contribution < 1.29 is 9.47 Å². The maximum Gasteiger partial charge on any atom is 0.0615 e. The number of methoxy groups -OCH3 is 2. The molecule has 16 heavy (non-hydrogen) atoms. The molecule has 0 heterocycles. The summed E-state index contributed by atoms with van der Waals surface area (Å²) in [7, 11) is 3.48. The molecule has 2 N–H and O–H groups in total. The molecule has 0 bridgehead atoms. The number of ether oxygens (including phenoxy) is 2. The van der Waals surface area contributed by atoms with Gasteiger partial charge in [-0.1, -0.05) is 13.3 Å². The SMILES string of the molecule is CCC(CN)CN(CCOC)C(C)COC. The van der Waals surface area contributed by atoms with E-state index in [1.165, 1.54) is 0 Å². The van der Waals surface area contributed by atoms with Gasteiger partial charge in [0.1, 0.15) is 0 Å². The van der Waals surface area contributed by atoms with Crippen molar-refractivity contribution in [2.24, 2.45) is 11.7 Å². The number of nitrogens with two attached hydrogens (primary N) is 1. The third-order valence-corrected chi connectivity index (χ3v) is 3.02. The van der Waals surface area contributed by atoms with E-state index < -0.39 is 0 Å². The predicted molar refractivity (Wildman–Crippen MR) is 67.6 cm³/mol. The third kappa shape index (κ3) is 6.43. The monoisotopic (exact) mass is 232 g/mol. The molecule has 2 atom stereocenters. The van der Waals surface area contributed by atoms with E-state index in [0.717, 1.165) is 39.3 Å². The van der Waals surface area contributed by atoms with Gasteiger partial charge in [0.15, 0.2) is 0 Å². The molecule has 0 aromatic rings. The van der Waals surface area contributed by atoms with Gasteiger partial charge in [-0.25, -0.2) is 0 Å². The summed E-state index contributed by atoms with van der Waals surface area (Å²) < 4.78 is 10.3. The molecule has 0 aromatic carbocycles. The van der Waals surface area contributed by atoms with Gasteiger partial charge in [0, 0.05) is 33.4 Å². The molecule has 4 nitrogen and oxygen atoms in total. The summed E-state index contributed by atoms with van der Waals surface area (Å²) in [5.41, 5.74) is 5.75. The zero-order valence-corrected chi connectivity index (χ0v) is 11.2. The van der Waals surface area contributed by atoms with Crippen molar-refractivity contribution in [2.75, 3.05) is 47.1 Å². The molecular weight excluding hydrogens is 204 g/mol. The lowest BCUT2D eigenvalue weighted by Crippen LogP contribution is -2.42. The molecular formula is C12H28N2O2. The largest absolute Gasteiger partial charge is 0.383 e. The summed E-state index contributed by atoms with van der Waals surface area (Å²) in [5, 5.41) is 0. The molecule has 0 amide bonds. The second-order valence-corrected chi connectivity index (χ2v) is 4.30. The highest BCUT2D eigenvalue weighted by atomic mass is 16.5. The first-order chi connectivity index (χ1) is 7.69. The average molecular weight is 232 g/mol. The van der Waals surface area contributed by atoms with Crippen LogP contribution in [0.25, 0.3) is 0 Å². The van der Waals surface area contributed by atoms with Crippen molar-refractivity contribution in [1.82, 2.24) is 4.90 Å². The molecule has 0 aliphatic rings. The summed E-state index contributed by atoms with van der Waals surface area (Å²) in [5.74, 6) is 0.566. The molecule has 4 heteroatoms. The van der Waals surface area contributed by atoms with Crippen LogP contribution in [0.3, 0.4) is 0 Å². The molecule has 0 aliphatic carbocycles. The fraction of sp³-hybridized carbons (Fsp3) is 1.00. The molecule has 0 radical (unpaired) electrons. The molecule has 0 aromatic heterocycles. The first kappa shape index (κ1) is 15.8. The maximum absolute atomic E-state index is 5.75. The standard InChI is InChI=1S/C12H28N2O2/c1-5-12(8-13)9-14(6-7-15-3)11(2)10-16-4/h11-12H,5-10,13H2,1-4H3. The summed E-state index contributed by atoms with van der Waals surface area (Å²) in [6.45, 7) is 8.60. The second-order valence-electron chi connectivity index (χ2n) is 4.30. The Hall–Kier alpha value is -0.160. The van der Waals surface area contributed by atoms with Gasteiger partial charge < -0.3 is 15.2 Å². The zero-order valence-electron chi connectivity index (χ0n) is 11.2. The summed E-state index contributed by atoms with van der Waals surface area (Å²) >= 11 is 0. The van der Waals surface area contributed by atoms with E-state index in [2.05, 4.69) is 18.7 Å².